The number of nitrogens with zero attached hydrogens (tertiary/aromatic N) is 1. The number of halogens is 2. The molecule has 0 N–H and O–H groups in total. The minimum Gasteiger partial charge on any atom is -0.236 e. The lowest BCUT2D eigenvalue weighted by molar-refractivity contribution is 0.716. The Balaban J connectivity index is 2.24. The van der Waals surface area contributed by atoms with Crippen LogP contribution in [0.1, 0.15) is 42.7 Å². The van der Waals surface area contributed by atoms with Gasteiger partial charge in [-0.1, -0.05) is 40.4 Å². The van der Waals surface area contributed by atoms with Crippen LogP contribution in [0.4, 0.5) is 0 Å². The lowest BCUT2D eigenvalue weighted by atomic mass is 9.93. The lowest BCUT2D eigenvalue weighted by Gasteiger charge is -2.16. The first-order chi connectivity index (χ1) is 8.66. The Labute approximate surface area is 121 Å². The molecule has 0 amide bonds. The highest BCUT2D eigenvalue weighted by molar-refractivity contribution is 9.10. The van der Waals surface area contributed by atoms with Gasteiger partial charge in [0.15, 0.2) is 0 Å². The molecule has 0 unspecified atom stereocenters. The molecule has 0 radical (unpaired) electrons. The molecule has 1 saturated carbocycles. The first-order valence-corrected chi connectivity index (χ1v) is 7.59. The topological polar surface area (TPSA) is 12.9 Å². The lowest BCUT2D eigenvalue weighted by Crippen LogP contribution is -2.00. The van der Waals surface area contributed by atoms with E-state index in [1.54, 1.807) is 0 Å². The SMILES string of the molecule is Cc1c(C2CCCC2)c(Cl)nc2ccc(Br)cc12. The highest BCUT2D eigenvalue weighted by Gasteiger charge is 2.23. The molecule has 0 bridgehead atoms. The van der Waals surface area contributed by atoms with Gasteiger partial charge in [0.05, 0.1) is 5.52 Å². The highest BCUT2D eigenvalue weighted by Crippen LogP contribution is 2.40. The second kappa shape index (κ2) is 4.82. The first-order valence-electron chi connectivity index (χ1n) is 6.42. The van der Waals surface area contributed by atoms with Gasteiger partial charge < -0.3 is 0 Å². The van der Waals surface area contributed by atoms with Gasteiger partial charge in [0.1, 0.15) is 5.15 Å². The number of aryl methyl sites for hydroxylation is 1. The Bertz CT molecular complexity index is 603. The second-order valence-electron chi connectivity index (χ2n) is 5.08. The van der Waals surface area contributed by atoms with Crippen molar-refractivity contribution in [3.63, 3.8) is 0 Å². The van der Waals surface area contributed by atoms with Crippen LogP contribution in [0.25, 0.3) is 10.9 Å². The summed E-state index contributed by atoms with van der Waals surface area (Å²) in [5.41, 5.74) is 3.57. The van der Waals surface area contributed by atoms with E-state index in [0.717, 1.165) is 9.99 Å². The Morgan fingerprint density at radius 2 is 2.00 bits per heavy atom. The molecule has 0 atom stereocenters. The summed E-state index contributed by atoms with van der Waals surface area (Å²) in [6.45, 7) is 2.18. The minimum absolute atomic E-state index is 0.605. The van der Waals surface area contributed by atoms with Gasteiger partial charge in [-0.25, -0.2) is 4.98 Å². The van der Waals surface area contributed by atoms with E-state index in [0.29, 0.717) is 11.1 Å². The molecule has 1 aromatic carbocycles. The second-order valence-corrected chi connectivity index (χ2v) is 6.36. The van der Waals surface area contributed by atoms with E-state index >= 15 is 0 Å². The van der Waals surface area contributed by atoms with Gasteiger partial charge in [-0.3, -0.25) is 0 Å². The molecular formula is C15H15BrClN. The Hall–Kier alpha value is -0.600. The average Bonchev–Trinajstić information content (AvgIpc) is 2.84. The van der Waals surface area contributed by atoms with E-state index in [9.17, 15) is 0 Å². The monoisotopic (exact) mass is 323 g/mol. The standard InChI is InChI=1S/C15H15BrClN/c1-9-12-8-11(16)6-7-13(12)18-15(17)14(9)10-4-2-3-5-10/h6-8,10H,2-5H2,1H3. The molecule has 0 saturated heterocycles. The van der Waals surface area contributed by atoms with Gasteiger partial charge in [0.2, 0.25) is 0 Å². The third-order valence-corrected chi connectivity index (χ3v) is 4.75. The number of benzene rings is 1. The maximum atomic E-state index is 6.41. The quantitative estimate of drug-likeness (QED) is 0.621. The zero-order chi connectivity index (χ0) is 12.7. The van der Waals surface area contributed by atoms with Crippen LogP contribution in [0.15, 0.2) is 22.7 Å². The molecule has 3 heteroatoms. The summed E-state index contributed by atoms with van der Waals surface area (Å²) in [4.78, 5) is 4.57. The fourth-order valence-corrected chi connectivity index (χ4v) is 3.81. The molecule has 0 aliphatic heterocycles. The van der Waals surface area contributed by atoms with E-state index in [1.165, 1.54) is 42.2 Å². The van der Waals surface area contributed by atoms with Crippen molar-refractivity contribution in [2.45, 2.75) is 38.5 Å². The van der Waals surface area contributed by atoms with Gasteiger partial charge in [-0.2, -0.15) is 0 Å². The van der Waals surface area contributed by atoms with Crippen molar-refractivity contribution in [2.75, 3.05) is 0 Å². The third-order valence-electron chi connectivity index (χ3n) is 3.97. The van der Waals surface area contributed by atoms with Gasteiger partial charge >= 0.3 is 0 Å². The Kier molecular flexibility index (Phi) is 3.33. The van der Waals surface area contributed by atoms with Crippen molar-refractivity contribution in [1.82, 2.24) is 4.98 Å². The van der Waals surface area contributed by atoms with Crippen LogP contribution in [0.3, 0.4) is 0 Å². The summed E-state index contributed by atoms with van der Waals surface area (Å²) < 4.78 is 1.10. The minimum atomic E-state index is 0.605. The summed E-state index contributed by atoms with van der Waals surface area (Å²) in [5, 5.41) is 1.92. The van der Waals surface area contributed by atoms with Crippen LogP contribution in [0.5, 0.6) is 0 Å². The van der Waals surface area contributed by atoms with Crippen LogP contribution >= 0.6 is 27.5 Å². The smallest absolute Gasteiger partial charge is 0.133 e. The Morgan fingerprint density at radius 1 is 1.28 bits per heavy atom. The molecule has 1 heterocycles. The van der Waals surface area contributed by atoms with E-state index in [2.05, 4.69) is 33.9 Å². The Morgan fingerprint density at radius 3 is 2.72 bits per heavy atom. The summed E-state index contributed by atoms with van der Waals surface area (Å²) in [5.74, 6) is 0.605. The van der Waals surface area contributed by atoms with E-state index in [-0.39, 0.29) is 0 Å². The molecule has 18 heavy (non-hydrogen) atoms. The summed E-state index contributed by atoms with van der Waals surface area (Å²) in [7, 11) is 0. The van der Waals surface area contributed by atoms with Crippen molar-refractivity contribution < 1.29 is 0 Å². The van der Waals surface area contributed by atoms with E-state index in [1.807, 2.05) is 12.1 Å². The van der Waals surface area contributed by atoms with Gasteiger partial charge in [0.25, 0.3) is 0 Å². The number of hydrogen-bond acceptors (Lipinski definition) is 1. The zero-order valence-electron chi connectivity index (χ0n) is 10.3. The van der Waals surface area contributed by atoms with E-state index in [4.69, 9.17) is 11.6 Å². The summed E-state index contributed by atoms with van der Waals surface area (Å²) in [6, 6.07) is 6.18. The predicted molar refractivity (Wildman–Crippen MR) is 80.4 cm³/mol. The predicted octanol–water partition coefficient (Wildman–Crippen LogP) is 5.62. The molecule has 1 aliphatic rings. The number of pyridine rings is 1. The van der Waals surface area contributed by atoms with Crippen molar-refractivity contribution >= 4 is 38.4 Å². The van der Waals surface area contributed by atoms with Crippen LogP contribution in [-0.4, -0.2) is 4.98 Å². The number of fused-ring (bicyclic) bond motifs is 1. The summed E-state index contributed by atoms with van der Waals surface area (Å²) >= 11 is 9.94. The van der Waals surface area contributed by atoms with Crippen molar-refractivity contribution in [3.05, 3.63) is 39.0 Å². The molecule has 2 aromatic rings. The number of rotatable bonds is 1. The number of hydrogen-bond donors (Lipinski definition) is 0. The molecule has 1 aliphatic carbocycles. The first kappa shape index (κ1) is 12.4. The molecule has 3 rings (SSSR count). The van der Waals surface area contributed by atoms with Gasteiger partial charge in [-0.05, 0) is 55.0 Å². The fourth-order valence-electron chi connectivity index (χ4n) is 3.06. The molecule has 1 nitrogen and oxygen atoms in total. The largest absolute Gasteiger partial charge is 0.236 e. The van der Waals surface area contributed by atoms with Crippen molar-refractivity contribution in [3.8, 4) is 0 Å². The zero-order valence-corrected chi connectivity index (χ0v) is 12.7. The molecule has 94 valence electrons. The van der Waals surface area contributed by atoms with Crippen molar-refractivity contribution in [2.24, 2.45) is 0 Å². The van der Waals surface area contributed by atoms with Gasteiger partial charge in [0, 0.05) is 9.86 Å². The number of aromatic nitrogens is 1. The van der Waals surface area contributed by atoms with E-state index < -0.39 is 0 Å². The molecular weight excluding hydrogens is 310 g/mol. The maximum Gasteiger partial charge on any atom is 0.133 e. The maximum absolute atomic E-state index is 6.41. The highest BCUT2D eigenvalue weighted by atomic mass is 79.9. The summed E-state index contributed by atoms with van der Waals surface area (Å²) in [6.07, 6.45) is 5.14. The molecule has 1 fully saturated rings. The normalized spacial score (nSPS) is 16.6. The van der Waals surface area contributed by atoms with Crippen LogP contribution in [0, 0.1) is 6.92 Å². The fraction of sp³-hybridized carbons (Fsp3) is 0.400. The molecule has 0 spiro atoms. The van der Waals surface area contributed by atoms with Gasteiger partial charge in [-0.15, -0.1) is 0 Å². The third kappa shape index (κ3) is 2.06. The average molecular weight is 325 g/mol. The van der Waals surface area contributed by atoms with Crippen LogP contribution < -0.4 is 0 Å². The molecule has 1 aromatic heterocycles. The van der Waals surface area contributed by atoms with Crippen molar-refractivity contribution in [1.29, 1.82) is 0 Å². The van der Waals surface area contributed by atoms with Crippen LogP contribution in [0.2, 0.25) is 5.15 Å². The van der Waals surface area contributed by atoms with Crippen LogP contribution in [-0.2, 0) is 0 Å².